The van der Waals surface area contributed by atoms with Gasteiger partial charge in [-0.2, -0.15) is 13.2 Å². The standard InChI is InChI=1S/C25H32F3N3O4S/c1-4-15-29-24(33)19(2)30(18-20-10-6-5-7-11-20)23(32)14-9-16-31(36(3,34)35)22-13-8-12-21(17-22)25(26,27)28/h5-8,10-13,17,19H,4,9,14-16,18H2,1-3H3,(H,29,33)/t19-/m0/s1. The van der Waals surface area contributed by atoms with E-state index in [1.807, 2.05) is 37.3 Å². The molecule has 11 heteroatoms. The fourth-order valence-electron chi connectivity index (χ4n) is 3.60. The second-order valence-electron chi connectivity index (χ2n) is 8.46. The Morgan fingerprint density at radius 2 is 1.72 bits per heavy atom. The molecule has 0 bridgehead atoms. The molecule has 0 heterocycles. The first-order chi connectivity index (χ1) is 16.8. The number of nitrogens with zero attached hydrogens (tertiary/aromatic N) is 2. The summed E-state index contributed by atoms with van der Waals surface area (Å²) in [6.07, 6.45) is -3.03. The van der Waals surface area contributed by atoms with Gasteiger partial charge in [-0.15, -0.1) is 0 Å². The van der Waals surface area contributed by atoms with Crippen molar-refractivity contribution in [2.75, 3.05) is 23.7 Å². The summed E-state index contributed by atoms with van der Waals surface area (Å²) in [6.45, 7) is 4.00. The molecule has 1 atom stereocenters. The number of anilines is 1. The molecule has 198 valence electrons. The Hall–Kier alpha value is -3.08. The van der Waals surface area contributed by atoms with Gasteiger partial charge >= 0.3 is 6.18 Å². The largest absolute Gasteiger partial charge is 0.416 e. The molecule has 7 nitrogen and oxygen atoms in total. The molecule has 0 fully saturated rings. The van der Waals surface area contributed by atoms with Crippen LogP contribution in [-0.2, 0) is 32.3 Å². The van der Waals surface area contributed by atoms with Crippen molar-refractivity contribution < 1.29 is 31.2 Å². The van der Waals surface area contributed by atoms with E-state index in [-0.39, 0.29) is 43.4 Å². The summed E-state index contributed by atoms with van der Waals surface area (Å²) in [5.74, 6) is -0.668. The third-order valence-electron chi connectivity index (χ3n) is 5.53. The summed E-state index contributed by atoms with van der Waals surface area (Å²) in [4.78, 5) is 27.1. The summed E-state index contributed by atoms with van der Waals surface area (Å²) in [5.41, 5.74) is -0.276. The molecule has 0 aliphatic carbocycles. The van der Waals surface area contributed by atoms with E-state index in [1.165, 1.54) is 11.0 Å². The number of sulfonamides is 1. The molecule has 36 heavy (non-hydrogen) atoms. The van der Waals surface area contributed by atoms with Crippen LogP contribution in [0, 0.1) is 0 Å². The molecule has 2 rings (SSSR count). The quantitative estimate of drug-likeness (QED) is 0.448. The van der Waals surface area contributed by atoms with Crippen LogP contribution in [0.15, 0.2) is 54.6 Å². The molecular formula is C25H32F3N3O4S. The van der Waals surface area contributed by atoms with Crippen molar-refractivity contribution in [3.05, 3.63) is 65.7 Å². The second kappa shape index (κ2) is 12.8. The van der Waals surface area contributed by atoms with E-state index in [4.69, 9.17) is 0 Å². The van der Waals surface area contributed by atoms with Crippen LogP contribution in [0.1, 0.15) is 44.2 Å². The van der Waals surface area contributed by atoms with Gasteiger partial charge in [0.25, 0.3) is 0 Å². The maximum absolute atomic E-state index is 13.1. The predicted molar refractivity (Wildman–Crippen MR) is 133 cm³/mol. The van der Waals surface area contributed by atoms with Gasteiger partial charge in [0.1, 0.15) is 6.04 Å². The third kappa shape index (κ3) is 8.54. The highest BCUT2D eigenvalue weighted by Crippen LogP contribution is 2.32. The van der Waals surface area contributed by atoms with Crippen molar-refractivity contribution in [1.82, 2.24) is 10.2 Å². The minimum absolute atomic E-state index is 0.0523. The number of alkyl halides is 3. The number of benzene rings is 2. The first-order valence-corrected chi connectivity index (χ1v) is 13.5. The first-order valence-electron chi connectivity index (χ1n) is 11.6. The van der Waals surface area contributed by atoms with Gasteiger partial charge in [0.2, 0.25) is 21.8 Å². The first kappa shape index (κ1) is 29.2. The molecule has 0 aliphatic rings. The van der Waals surface area contributed by atoms with Crippen LogP contribution in [0.2, 0.25) is 0 Å². The molecular weight excluding hydrogens is 495 g/mol. The highest BCUT2D eigenvalue weighted by Gasteiger charge is 2.32. The van der Waals surface area contributed by atoms with E-state index in [1.54, 1.807) is 6.92 Å². The van der Waals surface area contributed by atoms with Crippen LogP contribution in [-0.4, -0.2) is 50.5 Å². The Kier molecular flexibility index (Phi) is 10.3. The predicted octanol–water partition coefficient (Wildman–Crippen LogP) is 4.20. The van der Waals surface area contributed by atoms with Crippen molar-refractivity contribution >= 4 is 27.5 Å². The molecule has 0 aliphatic heterocycles. The van der Waals surface area contributed by atoms with E-state index in [0.29, 0.717) is 6.54 Å². The molecule has 2 aromatic carbocycles. The van der Waals surface area contributed by atoms with Gasteiger partial charge in [0.05, 0.1) is 17.5 Å². The summed E-state index contributed by atoms with van der Waals surface area (Å²) in [7, 11) is -3.91. The van der Waals surface area contributed by atoms with Crippen LogP contribution in [0.4, 0.5) is 18.9 Å². The van der Waals surface area contributed by atoms with Crippen LogP contribution in [0.5, 0.6) is 0 Å². The van der Waals surface area contributed by atoms with Crippen molar-refractivity contribution in [1.29, 1.82) is 0 Å². The number of carbonyl (C=O) groups is 2. The Morgan fingerprint density at radius 3 is 2.31 bits per heavy atom. The number of nitrogens with one attached hydrogen (secondary N) is 1. The van der Waals surface area contributed by atoms with E-state index >= 15 is 0 Å². The third-order valence-corrected chi connectivity index (χ3v) is 6.72. The number of amides is 2. The Balaban J connectivity index is 2.18. The zero-order valence-electron chi connectivity index (χ0n) is 20.6. The fourth-order valence-corrected chi connectivity index (χ4v) is 4.56. The average molecular weight is 528 g/mol. The zero-order chi connectivity index (χ0) is 26.9. The summed E-state index contributed by atoms with van der Waals surface area (Å²) in [5, 5.41) is 2.77. The van der Waals surface area contributed by atoms with Crippen molar-refractivity contribution in [2.24, 2.45) is 0 Å². The van der Waals surface area contributed by atoms with Crippen molar-refractivity contribution in [3.8, 4) is 0 Å². The van der Waals surface area contributed by atoms with Crippen LogP contribution < -0.4 is 9.62 Å². The molecule has 0 saturated heterocycles. The van der Waals surface area contributed by atoms with Crippen LogP contribution >= 0.6 is 0 Å². The Morgan fingerprint density at radius 1 is 1.06 bits per heavy atom. The van der Waals surface area contributed by atoms with Crippen molar-refractivity contribution in [2.45, 2.75) is 51.9 Å². The SMILES string of the molecule is CCCNC(=O)[C@H](C)N(Cc1ccccc1)C(=O)CCCN(c1cccc(C(F)(F)F)c1)S(C)(=O)=O. The number of rotatable bonds is 12. The normalized spacial score (nSPS) is 12.6. The number of carbonyl (C=O) groups excluding carboxylic acids is 2. The minimum Gasteiger partial charge on any atom is -0.354 e. The highest BCUT2D eigenvalue weighted by molar-refractivity contribution is 7.92. The summed E-state index contributed by atoms with van der Waals surface area (Å²) >= 11 is 0. The summed E-state index contributed by atoms with van der Waals surface area (Å²) in [6, 6.07) is 12.4. The number of hydrogen-bond acceptors (Lipinski definition) is 4. The lowest BCUT2D eigenvalue weighted by molar-refractivity contribution is -0.140. The molecule has 0 aromatic heterocycles. The van der Waals surface area contributed by atoms with Gasteiger partial charge in [-0.05, 0) is 43.5 Å². The van der Waals surface area contributed by atoms with Gasteiger partial charge < -0.3 is 10.2 Å². The maximum Gasteiger partial charge on any atom is 0.416 e. The maximum atomic E-state index is 13.1. The average Bonchev–Trinajstić information content (AvgIpc) is 2.82. The van der Waals surface area contributed by atoms with Crippen molar-refractivity contribution in [3.63, 3.8) is 0 Å². The Bertz CT molecular complexity index is 1120. The van der Waals surface area contributed by atoms with Gasteiger partial charge in [-0.3, -0.25) is 13.9 Å². The highest BCUT2D eigenvalue weighted by atomic mass is 32.2. The lowest BCUT2D eigenvalue weighted by Gasteiger charge is -2.29. The molecule has 1 N–H and O–H groups in total. The molecule has 0 spiro atoms. The summed E-state index contributed by atoms with van der Waals surface area (Å²) < 4.78 is 64.9. The second-order valence-corrected chi connectivity index (χ2v) is 10.4. The monoisotopic (exact) mass is 527 g/mol. The molecule has 0 unspecified atom stereocenters. The number of halogens is 3. The van der Waals surface area contributed by atoms with E-state index in [2.05, 4.69) is 5.32 Å². The minimum atomic E-state index is -4.62. The van der Waals surface area contributed by atoms with Crippen LogP contribution in [0.25, 0.3) is 0 Å². The fraction of sp³-hybridized carbons (Fsp3) is 0.440. The van der Waals surface area contributed by atoms with E-state index in [9.17, 15) is 31.2 Å². The lowest BCUT2D eigenvalue weighted by Crippen LogP contribution is -2.47. The molecule has 2 amide bonds. The topological polar surface area (TPSA) is 86.8 Å². The van der Waals surface area contributed by atoms with E-state index < -0.39 is 27.8 Å². The molecule has 2 aromatic rings. The molecule has 0 radical (unpaired) electrons. The van der Waals surface area contributed by atoms with Gasteiger partial charge in [0.15, 0.2) is 0 Å². The number of hydrogen-bond donors (Lipinski definition) is 1. The van der Waals surface area contributed by atoms with Gasteiger partial charge in [0, 0.05) is 26.1 Å². The Labute approximate surface area is 210 Å². The van der Waals surface area contributed by atoms with Gasteiger partial charge in [-0.25, -0.2) is 8.42 Å². The smallest absolute Gasteiger partial charge is 0.354 e. The van der Waals surface area contributed by atoms with E-state index in [0.717, 1.165) is 40.7 Å². The van der Waals surface area contributed by atoms with Crippen LogP contribution in [0.3, 0.4) is 0 Å². The van der Waals surface area contributed by atoms with Gasteiger partial charge in [-0.1, -0.05) is 43.3 Å². The zero-order valence-corrected chi connectivity index (χ0v) is 21.4. The lowest BCUT2D eigenvalue weighted by atomic mass is 10.1. The molecule has 0 saturated carbocycles.